The molecule has 0 aromatic heterocycles. The Morgan fingerprint density at radius 2 is 2.05 bits per heavy atom. The van der Waals surface area contributed by atoms with Gasteiger partial charge in [0.1, 0.15) is 0 Å². The third kappa shape index (κ3) is 2.94. The summed E-state index contributed by atoms with van der Waals surface area (Å²) in [6.45, 7) is 7.86. The highest BCUT2D eigenvalue weighted by molar-refractivity contribution is 5.98. The predicted octanol–water partition coefficient (Wildman–Crippen LogP) is 2.99. The number of hydrogen-bond donors (Lipinski definition) is 0. The zero-order valence-electron chi connectivity index (χ0n) is 12.5. The van der Waals surface area contributed by atoms with Crippen molar-refractivity contribution in [3.8, 4) is 0 Å². The van der Waals surface area contributed by atoms with Gasteiger partial charge in [0.05, 0.1) is 6.26 Å². The lowest BCUT2D eigenvalue weighted by Gasteiger charge is -2.30. The molecule has 1 fully saturated rings. The van der Waals surface area contributed by atoms with Gasteiger partial charge in [0, 0.05) is 23.1 Å². The average molecular weight is 278 g/mol. The Kier molecular flexibility index (Phi) is 4.31. The van der Waals surface area contributed by atoms with Crippen molar-refractivity contribution in [2.75, 3.05) is 0 Å². The third-order valence-corrected chi connectivity index (χ3v) is 4.13. The van der Waals surface area contributed by atoms with Gasteiger partial charge in [-0.05, 0) is 31.6 Å². The maximum atomic E-state index is 12.4. The van der Waals surface area contributed by atoms with E-state index >= 15 is 0 Å². The van der Waals surface area contributed by atoms with Crippen molar-refractivity contribution in [2.24, 2.45) is 17.8 Å². The van der Waals surface area contributed by atoms with Gasteiger partial charge in [0.15, 0.2) is 5.78 Å². The number of ketones is 1. The molecule has 0 spiro atoms. The van der Waals surface area contributed by atoms with Crippen LogP contribution in [0, 0.1) is 17.8 Å². The monoisotopic (exact) mass is 278 g/mol. The van der Waals surface area contributed by atoms with Gasteiger partial charge >= 0.3 is 5.97 Å². The number of Topliss-reactive ketones (excluding diaryl/α,β-unsaturated/α-hetero) is 1. The molecule has 110 valence electrons. The molecule has 0 radical (unpaired) electrons. The lowest BCUT2D eigenvalue weighted by molar-refractivity contribution is -0.152. The van der Waals surface area contributed by atoms with Crippen molar-refractivity contribution in [3.63, 3.8) is 0 Å². The Morgan fingerprint density at radius 3 is 2.60 bits per heavy atom. The van der Waals surface area contributed by atoms with E-state index in [1.807, 2.05) is 6.92 Å². The topological polar surface area (TPSA) is 52.6 Å². The number of carbonyl (C=O) groups is 2. The lowest BCUT2D eigenvalue weighted by Crippen LogP contribution is -2.30. The molecule has 3 atom stereocenters. The Labute approximate surface area is 119 Å². The summed E-state index contributed by atoms with van der Waals surface area (Å²) in [5.74, 6) is 0.411. The van der Waals surface area contributed by atoms with Crippen LogP contribution in [0.2, 0.25) is 0 Å². The first kappa shape index (κ1) is 14.8. The number of ether oxygens (including phenoxy) is 2. The van der Waals surface area contributed by atoms with Gasteiger partial charge in [-0.2, -0.15) is 0 Å². The second-order valence-corrected chi connectivity index (χ2v) is 6.03. The summed E-state index contributed by atoms with van der Waals surface area (Å²) in [6, 6.07) is 0. The highest BCUT2D eigenvalue weighted by Gasteiger charge is 2.33. The van der Waals surface area contributed by atoms with E-state index in [0.717, 1.165) is 12.8 Å². The maximum Gasteiger partial charge on any atom is 0.336 e. The van der Waals surface area contributed by atoms with E-state index in [1.54, 1.807) is 13.0 Å². The largest absolute Gasteiger partial charge is 0.458 e. The summed E-state index contributed by atoms with van der Waals surface area (Å²) in [7, 11) is 0. The zero-order chi connectivity index (χ0) is 14.9. The van der Waals surface area contributed by atoms with Crippen LogP contribution in [-0.4, -0.2) is 18.0 Å². The normalized spacial score (nSPS) is 32.5. The average Bonchev–Trinajstić information content (AvgIpc) is 2.68. The first-order chi connectivity index (χ1) is 9.40. The zero-order valence-corrected chi connectivity index (χ0v) is 12.5. The van der Waals surface area contributed by atoms with E-state index in [4.69, 9.17) is 9.47 Å². The first-order valence-corrected chi connectivity index (χ1v) is 7.19. The van der Waals surface area contributed by atoms with Crippen LogP contribution in [0.5, 0.6) is 0 Å². The molecule has 1 heterocycles. The van der Waals surface area contributed by atoms with Crippen LogP contribution in [0.1, 0.15) is 40.5 Å². The smallest absolute Gasteiger partial charge is 0.336 e. The van der Waals surface area contributed by atoms with Crippen molar-refractivity contribution >= 4 is 11.8 Å². The molecule has 0 saturated heterocycles. The highest BCUT2D eigenvalue weighted by atomic mass is 16.7. The highest BCUT2D eigenvalue weighted by Crippen LogP contribution is 2.34. The number of hydrogen-bond acceptors (Lipinski definition) is 4. The molecule has 1 saturated carbocycles. The number of allylic oxidation sites excluding steroid dienone is 1. The molecule has 1 aliphatic carbocycles. The van der Waals surface area contributed by atoms with Crippen molar-refractivity contribution in [3.05, 3.63) is 23.5 Å². The quantitative estimate of drug-likeness (QED) is 0.452. The molecule has 20 heavy (non-hydrogen) atoms. The van der Waals surface area contributed by atoms with Gasteiger partial charge in [-0.1, -0.05) is 20.8 Å². The summed E-state index contributed by atoms with van der Waals surface area (Å²) in [5.41, 5.74) is 1.25. The third-order valence-electron chi connectivity index (χ3n) is 4.13. The Hall–Kier alpha value is -1.58. The summed E-state index contributed by atoms with van der Waals surface area (Å²) < 4.78 is 10.4. The summed E-state index contributed by atoms with van der Waals surface area (Å²) in [6.07, 6.45) is 4.34. The molecule has 2 unspecified atom stereocenters. The van der Waals surface area contributed by atoms with E-state index < -0.39 is 6.29 Å². The number of cyclic esters (lactones) is 1. The Bertz CT molecular complexity index is 473. The minimum absolute atomic E-state index is 0.0736. The van der Waals surface area contributed by atoms with E-state index in [1.165, 1.54) is 6.26 Å². The van der Waals surface area contributed by atoms with Crippen LogP contribution in [0.25, 0.3) is 0 Å². The van der Waals surface area contributed by atoms with Crippen LogP contribution in [-0.2, 0) is 19.1 Å². The molecule has 0 amide bonds. The lowest BCUT2D eigenvalue weighted by atomic mass is 9.74. The number of esters is 1. The van der Waals surface area contributed by atoms with Crippen molar-refractivity contribution in [1.82, 2.24) is 0 Å². The minimum atomic E-state index is -0.700. The molecule has 4 nitrogen and oxygen atoms in total. The molecule has 4 heteroatoms. The van der Waals surface area contributed by atoms with Crippen LogP contribution in [0.15, 0.2) is 23.5 Å². The van der Waals surface area contributed by atoms with E-state index in [-0.39, 0.29) is 23.6 Å². The van der Waals surface area contributed by atoms with Gasteiger partial charge in [-0.15, -0.1) is 0 Å². The minimum Gasteiger partial charge on any atom is -0.458 e. The standard InChI is InChI=1S/C16H22O4/c1-9(2)12-6-5-10(3)13(15(12)17)8-19-14-7-11(4)16(18)20-14/h7-10,12,14H,5-6H2,1-4H3/b13-8+/t10-,12?,14?/m0/s1. The van der Waals surface area contributed by atoms with Gasteiger partial charge < -0.3 is 9.47 Å². The van der Waals surface area contributed by atoms with Crippen LogP contribution in [0.3, 0.4) is 0 Å². The molecule has 2 rings (SSSR count). The second-order valence-electron chi connectivity index (χ2n) is 6.03. The molecule has 0 aromatic rings. The van der Waals surface area contributed by atoms with Gasteiger partial charge in [0.25, 0.3) is 6.29 Å². The molecule has 2 aliphatic rings. The molecule has 0 bridgehead atoms. The van der Waals surface area contributed by atoms with E-state index in [0.29, 0.717) is 17.1 Å². The summed E-state index contributed by atoms with van der Waals surface area (Å²) in [5, 5.41) is 0. The van der Waals surface area contributed by atoms with Crippen molar-refractivity contribution in [2.45, 2.75) is 46.8 Å². The Balaban J connectivity index is 2.07. The molecular formula is C16H22O4. The first-order valence-electron chi connectivity index (χ1n) is 7.19. The van der Waals surface area contributed by atoms with Crippen molar-refractivity contribution < 1.29 is 19.1 Å². The number of carbonyl (C=O) groups excluding carboxylic acids is 2. The van der Waals surface area contributed by atoms with Crippen LogP contribution >= 0.6 is 0 Å². The Morgan fingerprint density at radius 1 is 1.35 bits per heavy atom. The van der Waals surface area contributed by atoms with E-state index in [2.05, 4.69) is 13.8 Å². The molecule has 0 aromatic carbocycles. The molecule has 1 aliphatic heterocycles. The van der Waals surface area contributed by atoms with Crippen LogP contribution in [0.4, 0.5) is 0 Å². The molecule has 0 N–H and O–H groups in total. The fourth-order valence-corrected chi connectivity index (χ4v) is 2.70. The van der Waals surface area contributed by atoms with Gasteiger partial charge in [-0.25, -0.2) is 4.79 Å². The predicted molar refractivity (Wildman–Crippen MR) is 74.5 cm³/mol. The molecular weight excluding hydrogens is 256 g/mol. The fraction of sp³-hybridized carbons (Fsp3) is 0.625. The second kappa shape index (κ2) is 5.81. The fourth-order valence-electron chi connectivity index (χ4n) is 2.70. The SMILES string of the molecule is CC1=CC(O/C=C2/C(=O)C(C(C)C)CC[C@@H]2C)OC1=O. The van der Waals surface area contributed by atoms with Crippen molar-refractivity contribution in [1.29, 1.82) is 0 Å². The summed E-state index contributed by atoms with van der Waals surface area (Å²) in [4.78, 5) is 23.7. The number of rotatable bonds is 3. The van der Waals surface area contributed by atoms with Gasteiger partial charge in [0.2, 0.25) is 0 Å². The van der Waals surface area contributed by atoms with Gasteiger partial charge in [-0.3, -0.25) is 4.79 Å². The van der Waals surface area contributed by atoms with E-state index in [9.17, 15) is 9.59 Å². The maximum absolute atomic E-state index is 12.4. The summed E-state index contributed by atoms with van der Waals surface area (Å²) >= 11 is 0. The van der Waals surface area contributed by atoms with Crippen LogP contribution < -0.4 is 0 Å².